The Balaban J connectivity index is 1.94. The van der Waals surface area contributed by atoms with E-state index in [0.29, 0.717) is 5.56 Å². The molecule has 0 radical (unpaired) electrons. The number of carbonyl (C=O) groups is 1. The molecule has 0 aliphatic rings. The highest BCUT2D eigenvalue weighted by Crippen LogP contribution is 2.12. The van der Waals surface area contributed by atoms with Crippen molar-refractivity contribution < 1.29 is 15.8 Å². The van der Waals surface area contributed by atoms with Gasteiger partial charge in [-0.15, -0.1) is 0 Å². The van der Waals surface area contributed by atoms with Gasteiger partial charge in [0.25, 0.3) is 5.69 Å². The second kappa shape index (κ2) is 7.00. The predicted molar refractivity (Wildman–Crippen MR) is 78.4 cm³/mol. The summed E-state index contributed by atoms with van der Waals surface area (Å²) >= 11 is 0. The van der Waals surface area contributed by atoms with Gasteiger partial charge in [0.1, 0.15) is 6.61 Å². The lowest BCUT2D eigenvalue weighted by Gasteiger charge is -2.02. The summed E-state index contributed by atoms with van der Waals surface area (Å²) in [6.07, 6.45) is 1.41. The molecular formula is C16H13NO4. The van der Waals surface area contributed by atoms with E-state index in [9.17, 15) is 14.9 Å². The molecule has 0 N–H and O–H groups in total. The Labute approximate surface area is 123 Å². The molecule has 2 rings (SSSR count). The average Bonchev–Trinajstić information content (AvgIpc) is 2.53. The van der Waals surface area contributed by atoms with Gasteiger partial charge in [0.2, 0.25) is 0 Å². The zero-order valence-electron chi connectivity index (χ0n) is 12.1. The quantitative estimate of drug-likeness (QED) is 0.365. The molecule has 106 valence electrons. The number of hydrogen-bond acceptors (Lipinski definition) is 4. The van der Waals surface area contributed by atoms with Gasteiger partial charge in [-0.2, -0.15) is 0 Å². The number of rotatable bonds is 5. The van der Waals surface area contributed by atoms with Gasteiger partial charge in [0, 0.05) is 18.2 Å². The number of esters is 1. The molecule has 5 heteroatoms. The molecule has 0 aromatic heterocycles. The Morgan fingerprint density at radius 3 is 2.48 bits per heavy atom. The average molecular weight is 284 g/mol. The standard InChI is InChI=1S/C16H13NO4/c18-16(11-8-13-4-2-1-3-5-13)21-12-14-6-9-15(10-7-14)17(19)20/h1-11H,12H2/b11-8+/i11D. The van der Waals surface area contributed by atoms with Crippen molar-refractivity contribution in [3.8, 4) is 0 Å². The Kier molecular flexibility index (Phi) is 4.35. The number of nitro groups is 1. The van der Waals surface area contributed by atoms with E-state index >= 15 is 0 Å². The minimum Gasteiger partial charge on any atom is -0.458 e. The molecule has 2 aromatic rings. The van der Waals surface area contributed by atoms with Crippen LogP contribution in [0.3, 0.4) is 0 Å². The molecule has 0 aliphatic heterocycles. The van der Waals surface area contributed by atoms with E-state index in [0.717, 1.165) is 5.56 Å². The van der Waals surface area contributed by atoms with Crippen molar-refractivity contribution >= 4 is 17.7 Å². The summed E-state index contributed by atoms with van der Waals surface area (Å²) in [5.41, 5.74) is 1.33. The Morgan fingerprint density at radius 2 is 1.86 bits per heavy atom. The van der Waals surface area contributed by atoms with Gasteiger partial charge in [-0.25, -0.2) is 4.79 Å². The number of non-ortho nitro benzene ring substituents is 1. The molecule has 0 bridgehead atoms. The van der Waals surface area contributed by atoms with Crippen LogP contribution in [0.4, 0.5) is 5.69 Å². The first-order chi connectivity index (χ1) is 10.6. The highest BCUT2D eigenvalue weighted by Gasteiger charge is 2.05. The molecule has 0 heterocycles. The van der Waals surface area contributed by atoms with Crippen LogP contribution < -0.4 is 0 Å². The van der Waals surface area contributed by atoms with Crippen LogP contribution in [-0.2, 0) is 16.1 Å². The van der Waals surface area contributed by atoms with Crippen LogP contribution in [0, 0.1) is 10.1 Å². The smallest absolute Gasteiger partial charge is 0.331 e. The van der Waals surface area contributed by atoms with Crippen LogP contribution in [0.15, 0.2) is 60.6 Å². The maximum absolute atomic E-state index is 11.7. The molecule has 0 atom stereocenters. The van der Waals surface area contributed by atoms with Crippen LogP contribution in [-0.4, -0.2) is 10.9 Å². The molecule has 0 spiro atoms. The first-order valence-corrected chi connectivity index (χ1v) is 6.20. The monoisotopic (exact) mass is 284 g/mol. The van der Waals surface area contributed by atoms with E-state index in [-0.39, 0.29) is 18.3 Å². The first-order valence-electron chi connectivity index (χ1n) is 6.70. The normalized spacial score (nSPS) is 11.6. The van der Waals surface area contributed by atoms with Gasteiger partial charge in [-0.3, -0.25) is 10.1 Å². The third-order valence-electron chi connectivity index (χ3n) is 2.67. The van der Waals surface area contributed by atoms with Crippen LogP contribution in [0.2, 0.25) is 0 Å². The highest BCUT2D eigenvalue weighted by atomic mass is 16.6. The number of nitrogens with zero attached hydrogens (tertiary/aromatic N) is 1. The molecule has 0 saturated heterocycles. The topological polar surface area (TPSA) is 69.4 Å². The maximum atomic E-state index is 11.7. The summed E-state index contributed by atoms with van der Waals surface area (Å²) in [5, 5.41) is 10.5. The van der Waals surface area contributed by atoms with E-state index in [4.69, 9.17) is 6.11 Å². The fourth-order valence-electron chi connectivity index (χ4n) is 1.60. The minimum absolute atomic E-state index is 0.0276. The van der Waals surface area contributed by atoms with Crippen molar-refractivity contribution in [3.63, 3.8) is 0 Å². The van der Waals surface area contributed by atoms with Gasteiger partial charge in [0.15, 0.2) is 0 Å². The summed E-state index contributed by atoms with van der Waals surface area (Å²) in [6, 6.07) is 14.4. The van der Waals surface area contributed by atoms with Gasteiger partial charge < -0.3 is 4.74 Å². The van der Waals surface area contributed by atoms with Crippen LogP contribution in [0.5, 0.6) is 0 Å². The first kappa shape index (κ1) is 13.1. The summed E-state index contributed by atoms with van der Waals surface area (Å²) in [6.45, 7) is -0.0398. The van der Waals surface area contributed by atoms with E-state index in [1.165, 1.54) is 30.3 Å². The SMILES string of the molecule is [2H]/C(=C\c1ccccc1)C(=O)OCc1ccc([N+](=O)[O-])cc1. The Morgan fingerprint density at radius 1 is 1.19 bits per heavy atom. The van der Waals surface area contributed by atoms with Crippen LogP contribution in [0.1, 0.15) is 12.5 Å². The third kappa shape index (κ3) is 4.58. The lowest BCUT2D eigenvalue weighted by molar-refractivity contribution is -0.384. The second-order valence-corrected chi connectivity index (χ2v) is 4.20. The molecule has 5 nitrogen and oxygen atoms in total. The fourth-order valence-corrected chi connectivity index (χ4v) is 1.60. The summed E-state index contributed by atoms with van der Waals surface area (Å²) in [7, 11) is 0. The number of hydrogen-bond donors (Lipinski definition) is 0. The Bertz CT molecular complexity index is 696. The number of benzene rings is 2. The van der Waals surface area contributed by atoms with Crippen molar-refractivity contribution in [1.29, 1.82) is 0 Å². The van der Waals surface area contributed by atoms with Gasteiger partial charge >= 0.3 is 5.97 Å². The van der Waals surface area contributed by atoms with Crippen molar-refractivity contribution in [2.75, 3.05) is 0 Å². The van der Waals surface area contributed by atoms with Gasteiger partial charge in [-0.1, -0.05) is 30.3 Å². The number of carbonyl (C=O) groups excluding carboxylic acids is 1. The van der Waals surface area contributed by atoms with Crippen molar-refractivity contribution in [2.24, 2.45) is 0 Å². The molecule has 0 unspecified atom stereocenters. The second-order valence-electron chi connectivity index (χ2n) is 4.20. The molecule has 0 fully saturated rings. The van der Waals surface area contributed by atoms with Crippen molar-refractivity contribution in [1.82, 2.24) is 0 Å². The summed E-state index contributed by atoms with van der Waals surface area (Å²) in [4.78, 5) is 21.7. The third-order valence-corrected chi connectivity index (χ3v) is 2.67. The van der Waals surface area contributed by atoms with Gasteiger partial charge in [0.05, 0.1) is 6.29 Å². The maximum Gasteiger partial charge on any atom is 0.331 e. The van der Waals surface area contributed by atoms with Crippen LogP contribution in [0.25, 0.3) is 6.08 Å². The highest BCUT2D eigenvalue weighted by molar-refractivity contribution is 5.87. The summed E-state index contributed by atoms with van der Waals surface area (Å²) in [5.74, 6) is -0.748. The fraction of sp³-hybridized carbons (Fsp3) is 0.0625. The molecule has 21 heavy (non-hydrogen) atoms. The van der Waals surface area contributed by atoms with Crippen LogP contribution >= 0.6 is 0 Å². The predicted octanol–water partition coefficient (Wildman–Crippen LogP) is 3.35. The lowest BCUT2D eigenvalue weighted by Crippen LogP contribution is -2.00. The van der Waals surface area contributed by atoms with E-state index in [2.05, 4.69) is 0 Å². The Hall–Kier alpha value is -2.95. The van der Waals surface area contributed by atoms with E-state index < -0.39 is 10.9 Å². The lowest BCUT2D eigenvalue weighted by atomic mass is 10.2. The zero-order valence-corrected chi connectivity index (χ0v) is 11.1. The molecule has 0 saturated carbocycles. The number of nitro benzene ring substituents is 1. The largest absolute Gasteiger partial charge is 0.458 e. The van der Waals surface area contributed by atoms with Crippen molar-refractivity contribution in [3.05, 3.63) is 81.9 Å². The summed E-state index contributed by atoms with van der Waals surface area (Å²) < 4.78 is 12.7. The minimum atomic E-state index is -0.748. The van der Waals surface area contributed by atoms with Crippen molar-refractivity contribution in [2.45, 2.75) is 6.61 Å². The molecule has 2 aromatic carbocycles. The number of ether oxygens (including phenoxy) is 1. The van der Waals surface area contributed by atoms with Gasteiger partial charge in [-0.05, 0) is 29.3 Å². The molecule has 0 aliphatic carbocycles. The molecular weight excluding hydrogens is 270 g/mol. The van der Waals surface area contributed by atoms with E-state index in [1.807, 2.05) is 6.07 Å². The molecule has 0 amide bonds. The zero-order chi connectivity index (χ0) is 15.9. The van der Waals surface area contributed by atoms with E-state index in [1.54, 1.807) is 24.3 Å².